The SMILES string of the molecule is COC(=O)c1ccc2c(C(Cc3ccccc3)=Nc3ccc(N(C)C(=O)CN4CCN(C)CC4)cc3)c(O)[nH]c2c1. The normalized spacial score (nSPS) is 14.8. The number of aromatic hydroxyl groups is 1. The van der Waals surface area contributed by atoms with Crippen molar-refractivity contribution in [1.29, 1.82) is 0 Å². The number of hydrogen-bond donors (Lipinski definition) is 2. The lowest BCUT2D eigenvalue weighted by atomic mass is 10.00. The summed E-state index contributed by atoms with van der Waals surface area (Å²) >= 11 is 0. The van der Waals surface area contributed by atoms with Crippen molar-refractivity contribution in [2.24, 2.45) is 4.99 Å². The van der Waals surface area contributed by atoms with E-state index < -0.39 is 5.97 Å². The number of likely N-dealkylation sites (N-methyl/N-ethyl adjacent to an activating group) is 2. The number of esters is 1. The summed E-state index contributed by atoms with van der Waals surface area (Å²) < 4.78 is 4.84. The van der Waals surface area contributed by atoms with Crippen LogP contribution in [0.15, 0.2) is 77.8 Å². The van der Waals surface area contributed by atoms with Crippen LogP contribution in [0.3, 0.4) is 0 Å². The number of nitrogens with zero attached hydrogens (tertiary/aromatic N) is 4. The van der Waals surface area contributed by atoms with E-state index in [-0.39, 0.29) is 11.8 Å². The van der Waals surface area contributed by atoms with Crippen LogP contribution in [0.2, 0.25) is 0 Å². The van der Waals surface area contributed by atoms with E-state index in [0.29, 0.717) is 41.0 Å². The molecule has 1 amide bonds. The number of aromatic nitrogens is 1. The number of methoxy groups -OCH3 is 1. The second kappa shape index (κ2) is 12.4. The lowest BCUT2D eigenvalue weighted by molar-refractivity contribution is -0.119. The van der Waals surface area contributed by atoms with E-state index in [2.05, 4.69) is 21.8 Å². The Hall–Kier alpha value is -4.47. The van der Waals surface area contributed by atoms with E-state index in [9.17, 15) is 14.7 Å². The lowest BCUT2D eigenvalue weighted by Gasteiger charge is -2.32. The molecule has 0 saturated carbocycles. The minimum absolute atomic E-state index is 0.0254. The Kier molecular flexibility index (Phi) is 8.47. The summed E-state index contributed by atoms with van der Waals surface area (Å²) in [6.07, 6.45) is 0.477. The van der Waals surface area contributed by atoms with Gasteiger partial charge in [-0.05, 0) is 49.0 Å². The summed E-state index contributed by atoms with van der Waals surface area (Å²) in [6.45, 7) is 4.10. The fourth-order valence-electron chi connectivity index (χ4n) is 5.05. The van der Waals surface area contributed by atoms with E-state index in [4.69, 9.17) is 9.73 Å². The molecule has 9 nitrogen and oxygen atoms in total. The molecule has 0 aliphatic carbocycles. The molecule has 1 aliphatic rings. The van der Waals surface area contributed by atoms with Crippen LogP contribution >= 0.6 is 0 Å². The summed E-state index contributed by atoms with van der Waals surface area (Å²) in [5.74, 6) is -0.430. The third kappa shape index (κ3) is 6.48. The van der Waals surface area contributed by atoms with Gasteiger partial charge in [0.25, 0.3) is 0 Å². The number of rotatable bonds is 8. The van der Waals surface area contributed by atoms with Gasteiger partial charge in [-0.1, -0.05) is 36.4 Å². The number of carbonyl (C=O) groups excluding carboxylic acids is 2. The van der Waals surface area contributed by atoms with Crippen LogP contribution in [-0.2, 0) is 16.0 Å². The van der Waals surface area contributed by atoms with Crippen LogP contribution in [0, 0.1) is 0 Å². The zero-order valence-corrected chi connectivity index (χ0v) is 23.6. The van der Waals surface area contributed by atoms with E-state index in [1.165, 1.54) is 7.11 Å². The molecule has 2 heterocycles. The van der Waals surface area contributed by atoms with Gasteiger partial charge in [-0.2, -0.15) is 0 Å². The van der Waals surface area contributed by atoms with Crippen molar-refractivity contribution in [3.05, 3.63) is 89.5 Å². The van der Waals surface area contributed by atoms with Gasteiger partial charge in [-0.15, -0.1) is 0 Å². The number of amides is 1. The topological polar surface area (TPSA) is 101 Å². The maximum absolute atomic E-state index is 12.9. The molecule has 0 atom stereocenters. The number of aromatic amines is 1. The number of benzene rings is 3. The first kappa shape index (κ1) is 28.1. The Morgan fingerprint density at radius 1 is 1.00 bits per heavy atom. The van der Waals surface area contributed by atoms with E-state index in [1.807, 2.05) is 54.6 Å². The molecule has 4 aromatic rings. The van der Waals surface area contributed by atoms with Crippen molar-refractivity contribution in [3.63, 3.8) is 0 Å². The molecular weight excluding hydrogens is 518 g/mol. The molecular formula is C32H35N5O4. The Balaban J connectivity index is 1.43. The standard InChI is InChI=1S/C32H35N5O4/c1-35-15-17-37(18-16-35)21-29(38)36(2)25-12-10-24(11-13-25)33-28(19-22-7-5-4-6-8-22)30-26-14-9-23(32(40)41-3)20-27(26)34-31(30)39/h4-14,20,34,39H,15-19,21H2,1-3H3. The van der Waals surface area contributed by atoms with Gasteiger partial charge in [-0.3, -0.25) is 14.7 Å². The fourth-order valence-corrected chi connectivity index (χ4v) is 5.05. The third-order valence-corrected chi connectivity index (χ3v) is 7.53. The quantitative estimate of drug-likeness (QED) is 0.250. The van der Waals surface area contributed by atoms with E-state index in [1.54, 1.807) is 30.1 Å². The molecule has 1 fully saturated rings. The number of aliphatic imine (C=N–C) groups is 1. The number of hydrogen-bond acceptors (Lipinski definition) is 7. The highest BCUT2D eigenvalue weighted by Crippen LogP contribution is 2.31. The zero-order chi connectivity index (χ0) is 28.9. The van der Waals surface area contributed by atoms with Gasteiger partial charge in [-0.25, -0.2) is 4.79 Å². The average Bonchev–Trinajstić information content (AvgIpc) is 3.32. The molecule has 1 saturated heterocycles. The third-order valence-electron chi connectivity index (χ3n) is 7.53. The fraction of sp³-hybridized carbons (Fsp3) is 0.281. The second-order valence-electron chi connectivity index (χ2n) is 10.4. The van der Waals surface area contributed by atoms with Gasteiger partial charge in [0.05, 0.1) is 36.2 Å². The number of H-pyrrole nitrogens is 1. The monoisotopic (exact) mass is 553 g/mol. The largest absolute Gasteiger partial charge is 0.494 e. The van der Waals surface area contributed by atoms with E-state index >= 15 is 0 Å². The van der Waals surface area contributed by atoms with E-state index in [0.717, 1.165) is 42.8 Å². The van der Waals surface area contributed by atoms with Crippen molar-refractivity contribution < 1.29 is 19.4 Å². The first-order valence-corrected chi connectivity index (χ1v) is 13.6. The summed E-state index contributed by atoms with van der Waals surface area (Å²) in [4.78, 5) is 39.1. The summed E-state index contributed by atoms with van der Waals surface area (Å²) in [5.41, 5.74) is 4.75. The molecule has 9 heteroatoms. The number of piperazine rings is 1. The Labute approximate surface area is 239 Å². The predicted octanol–water partition coefficient (Wildman–Crippen LogP) is 4.23. The Morgan fingerprint density at radius 3 is 2.39 bits per heavy atom. The average molecular weight is 554 g/mol. The first-order valence-electron chi connectivity index (χ1n) is 13.6. The molecule has 0 radical (unpaired) electrons. The van der Waals surface area contributed by atoms with Gasteiger partial charge < -0.3 is 24.6 Å². The molecule has 3 aromatic carbocycles. The summed E-state index contributed by atoms with van der Waals surface area (Å²) in [7, 11) is 5.23. The molecule has 2 N–H and O–H groups in total. The molecule has 41 heavy (non-hydrogen) atoms. The van der Waals surface area contributed by atoms with Crippen LogP contribution in [0.25, 0.3) is 10.9 Å². The number of fused-ring (bicyclic) bond motifs is 1. The highest BCUT2D eigenvalue weighted by atomic mass is 16.5. The molecule has 1 aliphatic heterocycles. The van der Waals surface area contributed by atoms with Crippen molar-refractivity contribution in [2.75, 3.05) is 58.8 Å². The van der Waals surface area contributed by atoms with Gasteiger partial charge >= 0.3 is 5.97 Å². The van der Waals surface area contributed by atoms with Crippen molar-refractivity contribution >= 4 is 39.9 Å². The van der Waals surface area contributed by atoms with Crippen LogP contribution in [-0.4, -0.2) is 91.4 Å². The van der Waals surface area contributed by atoms with Crippen molar-refractivity contribution in [3.8, 4) is 5.88 Å². The van der Waals surface area contributed by atoms with Gasteiger partial charge in [0, 0.05) is 56.2 Å². The highest BCUT2D eigenvalue weighted by molar-refractivity contribution is 6.15. The van der Waals surface area contributed by atoms with Crippen molar-refractivity contribution in [2.45, 2.75) is 6.42 Å². The first-order chi connectivity index (χ1) is 19.8. The Morgan fingerprint density at radius 2 is 1.71 bits per heavy atom. The molecule has 0 unspecified atom stereocenters. The van der Waals surface area contributed by atoms with Crippen LogP contribution < -0.4 is 4.90 Å². The molecule has 5 rings (SSSR count). The van der Waals surface area contributed by atoms with Crippen LogP contribution in [0.5, 0.6) is 5.88 Å². The molecule has 212 valence electrons. The predicted molar refractivity (Wildman–Crippen MR) is 161 cm³/mol. The number of anilines is 1. The lowest BCUT2D eigenvalue weighted by Crippen LogP contribution is -2.48. The van der Waals surface area contributed by atoms with Gasteiger partial charge in [0.1, 0.15) is 0 Å². The number of nitrogens with one attached hydrogen (secondary N) is 1. The highest BCUT2D eigenvalue weighted by Gasteiger charge is 2.21. The van der Waals surface area contributed by atoms with Crippen molar-refractivity contribution in [1.82, 2.24) is 14.8 Å². The minimum atomic E-state index is -0.451. The summed E-state index contributed by atoms with van der Waals surface area (Å²) in [5, 5.41) is 11.7. The second-order valence-corrected chi connectivity index (χ2v) is 10.4. The van der Waals surface area contributed by atoms with Crippen LogP contribution in [0.1, 0.15) is 21.5 Å². The summed E-state index contributed by atoms with van der Waals surface area (Å²) in [6, 6.07) is 22.6. The molecule has 1 aromatic heterocycles. The maximum atomic E-state index is 12.9. The minimum Gasteiger partial charge on any atom is -0.494 e. The van der Waals surface area contributed by atoms with Gasteiger partial charge in [0.15, 0.2) is 5.88 Å². The molecule has 0 bridgehead atoms. The number of ether oxygens (including phenoxy) is 1. The smallest absolute Gasteiger partial charge is 0.337 e. The number of carbonyl (C=O) groups is 2. The zero-order valence-electron chi connectivity index (χ0n) is 23.6. The Bertz CT molecular complexity index is 1550. The molecule has 0 spiro atoms. The maximum Gasteiger partial charge on any atom is 0.337 e. The van der Waals surface area contributed by atoms with Crippen LogP contribution in [0.4, 0.5) is 11.4 Å². The van der Waals surface area contributed by atoms with Gasteiger partial charge in [0.2, 0.25) is 5.91 Å².